The number of H-pyrrole nitrogens is 1. The Morgan fingerprint density at radius 2 is 2.10 bits per heavy atom. The second-order valence-electron chi connectivity index (χ2n) is 5.24. The number of alkyl halides is 3. The van der Waals surface area contributed by atoms with Gasteiger partial charge in [-0.2, -0.15) is 13.2 Å². The van der Waals surface area contributed by atoms with Crippen LogP contribution in [0.25, 0.3) is 11.2 Å². The van der Waals surface area contributed by atoms with Crippen molar-refractivity contribution in [1.29, 1.82) is 0 Å². The zero-order valence-electron chi connectivity index (χ0n) is 11.4. The average Bonchev–Trinajstić information content (AvgIpc) is 2.86. The highest BCUT2D eigenvalue weighted by Crippen LogP contribution is 2.31. The van der Waals surface area contributed by atoms with Crippen LogP contribution in [0.15, 0.2) is 12.7 Å². The lowest BCUT2D eigenvalue weighted by atomic mass is 9.98. The van der Waals surface area contributed by atoms with Crippen LogP contribution in [0.3, 0.4) is 0 Å². The molecular formula is C12H15F3N6. The Kier molecular flexibility index (Phi) is 3.44. The van der Waals surface area contributed by atoms with Gasteiger partial charge in [0.25, 0.3) is 0 Å². The molecule has 2 atom stereocenters. The predicted molar refractivity (Wildman–Crippen MR) is 70.8 cm³/mol. The molecule has 0 radical (unpaired) electrons. The van der Waals surface area contributed by atoms with E-state index in [4.69, 9.17) is 0 Å². The summed E-state index contributed by atoms with van der Waals surface area (Å²) in [5.74, 6) is 0.571. The Hall–Kier alpha value is -1.90. The molecule has 0 saturated carbocycles. The predicted octanol–water partition coefficient (Wildman–Crippen LogP) is 1.79. The minimum absolute atomic E-state index is 0.0782. The van der Waals surface area contributed by atoms with Crippen molar-refractivity contribution in [2.24, 2.45) is 0 Å². The topological polar surface area (TPSA) is 69.7 Å². The molecule has 1 fully saturated rings. The fourth-order valence-corrected chi connectivity index (χ4v) is 2.74. The third-order valence-electron chi connectivity index (χ3n) is 3.77. The minimum Gasteiger partial charge on any atom is -0.364 e. The lowest BCUT2D eigenvalue weighted by Gasteiger charge is -2.38. The van der Waals surface area contributed by atoms with Crippen molar-refractivity contribution >= 4 is 17.0 Å². The van der Waals surface area contributed by atoms with E-state index in [0.29, 0.717) is 29.9 Å². The molecule has 21 heavy (non-hydrogen) atoms. The quantitative estimate of drug-likeness (QED) is 0.885. The van der Waals surface area contributed by atoms with Gasteiger partial charge < -0.3 is 10.3 Å². The first-order chi connectivity index (χ1) is 9.95. The first-order valence-corrected chi connectivity index (χ1v) is 6.62. The van der Waals surface area contributed by atoms with E-state index < -0.39 is 12.2 Å². The minimum atomic E-state index is -4.18. The molecule has 1 aliphatic rings. The van der Waals surface area contributed by atoms with Gasteiger partial charge in [-0.25, -0.2) is 15.0 Å². The molecule has 0 amide bonds. The average molecular weight is 300 g/mol. The van der Waals surface area contributed by atoms with Crippen LogP contribution in [0.5, 0.6) is 0 Å². The third kappa shape index (κ3) is 2.78. The molecule has 9 heteroatoms. The molecule has 114 valence electrons. The van der Waals surface area contributed by atoms with E-state index >= 15 is 0 Å². The molecule has 2 aromatic heterocycles. The van der Waals surface area contributed by atoms with E-state index in [1.165, 1.54) is 24.6 Å². The number of aromatic nitrogens is 4. The highest BCUT2D eigenvalue weighted by molar-refractivity contribution is 5.82. The number of hydrogen-bond acceptors (Lipinski definition) is 5. The van der Waals surface area contributed by atoms with Crippen molar-refractivity contribution in [3.63, 3.8) is 0 Å². The molecule has 1 aliphatic heterocycles. The van der Waals surface area contributed by atoms with Crippen molar-refractivity contribution in [2.45, 2.75) is 31.1 Å². The van der Waals surface area contributed by atoms with E-state index in [-0.39, 0.29) is 12.5 Å². The van der Waals surface area contributed by atoms with Crippen LogP contribution in [0.2, 0.25) is 0 Å². The van der Waals surface area contributed by atoms with E-state index in [1.807, 2.05) is 0 Å². The fourth-order valence-electron chi connectivity index (χ4n) is 2.74. The van der Waals surface area contributed by atoms with Crippen LogP contribution in [0, 0.1) is 0 Å². The summed E-state index contributed by atoms with van der Waals surface area (Å²) < 4.78 is 38.4. The van der Waals surface area contributed by atoms with Crippen molar-refractivity contribution in [1.82, 2.24) is 24.8 Å². The van der Waals surface area contributed by atoms with Crippen molar-refractivity contribution in [3.8, 4) is 0 Å². The number of likely N-dealkylation sites (N-methyl/N-ethyl adjacent to an activating group) is 1. The van der Waals surface area contributed by atoms with Crippen molar-refractivity contribution in [2.75, 3.05) is 18.9 Å². The number of fused-ring (bicyclic) bond motifs is 1. The summed E-state index contributed by atoms with van der Waals surface area (Å²) in [7, 11) is 1.50. The summed E-state index contributed by atoms with van der Waals surface area (Å²) in [4.78, 5) is 16.4. The zero-order valence-corrected chi connectivity index (χ0v) is 11.4. The lowest BCUT2D eigenvalue weighted by Crippen LogP contribution is -2.52. The van der Waals surface area contributed by atoms with Crippen LogP contribution < -0.4 is 5.32 Å². The molecule has 0 aliphatic carbocycles. The molecule has 0 spiro atoms. The number of aromatic amines is 1. The van der Waals surface area contributed by atoms with Gasteiger partial charge in [-0.15, -0.1) is 0 Å². The van der Waals surface area contributed by atoms with Gasteiger partial charge in [-0.1, -0.05) is 0 Å². The van der Waals surface area contributed by atoms with Crippen molar-refractivity contribution < 1.29 is 13.2 Å². The van der Waals surface area contributed by atoms with Gasteiger partial charge in [0.05, 0.1) is 6.33 Å². The normalized spacial score (nSPS) is 24.4. The Morgan fingerprint density at radius 1 is 1.29 bits per heavy atom. The monoisotopic (exact) mass is 300 g/mol. The highest BCUT2D eigenvalue weighted by Gasteiger charge is 2.44. The summed E-state index contributed by atoms with van der Waals surface area (Å²) in [5.41, 5.74) is 1.20. The smallest absolute Gasteiger partial charge is 0.364 e. The Bertz CT molecular complexity index is 625. The Morgan fingerprint density at radius 3 is 2.81 bits per heavy atom. The van der Waals surface area contributed by atoms with E-state index in [0.717, 1.165) is 0 Å². The molecule has 2 N–H and O–H groups in total. The first-order valence-electron chi connectivity index (χ1n) is 6.62. The highest BCUT2D eigenvalue weighted by atomic mass is 19.4. The summed E-state index contributed by atoms with van der Waals surface area (Å²) in [6.45, 7) is 0.309. The van der Waals surface area contributed by atoms with Gasteiger partial charge in [0.1, 0.15) is 17.9 Å². The number of hydrogen-bond donors (Lipinski definition) is 2. The van der Waals surface area contributed by atoms with Crippen LogP contribution in [0.1, 0.15) is 12.8 Å². The number of likely N-dealkylation sites (tertiary alicyclic amines) is 1. The summed E-state index contributed by atoms with van der Waals surface area (Å²) in [6.07, 6.45) is -0.762. The van der Waals surface area contributed by atoms with Crippen LogP contribution in [0.4, 0.5) is 19.0 Å². The Labute approximate surface area is 118 Å². The largest absolute Gasteiger partial charge is 0.404 e. The fraction of sp³-hybridized carbons (Fsp3) is 0.583. The van der Waals surface area contributed by atoms with Crippen molar-refractivity contribution in [3.05, 3.63) is 12.7 Å². The third-order valence-corrected chi connectivity index (χ3v) is 3.77. The maximum Gasteiger partial charge on any atom is 0.404 e. The number of imidazole rings is 1. The van der Waals surface area contributed by atoms with Gasteiger partial charge in [0.2, 0.25) is 0 Å². The molecule has 3 rings (SSSR count). The molecule has 6 nitrogen and oxygen atoms in total. The van der Waals surface area contributed by atoms with Crippen LogP contribution in [-0.2, 0) is 0 Å². The number of rotatable bonds is 2. The summed E-state index contributed by atoms with van der Waals surface area (Å²) in [5, 5.41) is 3.18. The summed E-state index contributed by atoms with van der Waals surface area (Å²) in [6, 6.07) is -1.46. The molecular weight excluding hydrogens is 285 g/mol. The second-order valence-corrected chi connectivity index (χ2v) is 5.24. The molecule has 3 heterocycles. The molecule has 2 aromatic rings. The molecule has 0 aromatic carbocycles. The Balaban J connectivity index is 1.71. The van der Waals surface area contributed by atoms with E-state index in [1.54, 1.807) is 0 Å². The zero-order chi connectivity index (χ0) is 15.0. The molecule has 0 bridgehead atoms. The van der Waals surface area contributed by atoms with E-state index in [2.05, 4.69) is 25.3 Å². The standard InChI is InChI=1S/C12H15F3N6/c1-21-4-7(2-3-8(21)12(13,14)15)20-11-9-10(17-5-16-9)18-6-19-11/h5-8H,2-4H2,1H3,(H2,16,17,18,19,20)/t7-,8+/m1/s1. The SMILES string of the molecule is CN1C[C@H](Nc2ncnc3nc[nH]c23)CC[C@H]1C(F)(F)F. The second kappa shape index (κ2) is 5.14. The maximum atomic E-state index is 12.8. The first kappa shape index (κ1) is 14.1. The lowest BCUT2D eigenvalue weighted by molar-refractivity contribution is -0.187. The van der Waals surface area contributed by atoms with Gasteiger partial charge in [-0.3, -0.25) is 4.90 Å². The number of anilines is 1. The van der Waals surface area contributed by atoms with Crippen LogP contribution >= 0.6 is 0 Å². The number of nitrogens with one attached hydrogen (secondary N) is 2. The maximum absolute atomic E-state index is 12.8. The van der Waals surface area contributed by atoms with E-state index in [9.17, 15) is 13.2 Å². The van der Waals surface area contributed by atoms with Gasteiger partial charge in [0, 0.05) is 12.6 Å². The number of piperidine rings is 1. The summed E-state index contributed by atoms with van der Waals surface area (Å²) >= 11 is 0. The molecule has 0 unspecified atom stereocenters. The van der Waals surface area contributed by atoms with Gasteiger partial charge in [-0.05, 0) is 19.9 Å². The van der Waals surface area contributed by atoms with Crippen LogP contribution in [-0.4, -0.2) is 56.7 Å². The number of nitrogens with zero attached hydrogens (tertiary/aromatic N) is 4. The van der Waals surface area contributed by atoms with Gasteiger partial charge >= 0.3 is 6.18 Å². The molecule has 1 saturated heterocycles. The van der Waals surface area contributed by atoms with Gasteiger partial charge in [0.15, 0.2) is 11.5 Å². The number of halogens is 3.